The lowest BCUT2D eigenvalue weighted by Crippen LogP contribution is -2.22. The van der Waals surface area contributed by atoms with Gasteiger partial charge in [0.25, 0.3) is 5.56 Å². The first-order valence-corrected chi connectivity index (χ1v) is 10.9. The highest BCUT2D eigenvalue weighted by Gasteiger charge is 2.19. The molecule has 26 heavy (non-hydrogen) atoms. The van der Waals surface area contributed by atoms with Crippen molar-refractivity contribution >= 4 is 33.3 Å². The molecule has 1 aromatic carbocycles. The Kier molecular flexibility index (Phi) is 5.58. The van der Waals surface area contributed by atoms with Gasteiger partial charge in [0.1, 0.15) is 4.83 Å². The molecule has 0 aliphatic carbocycles. The van der Waals surface area contributed by atoms with E-state index >= 15 is 0 Å². The number of hydrogen-bond donors (Lipinski definition) is 0. The van der Waals surface area contributed by atoms with E-state index in [4.69, 9.17) is 4.98 Å². The average Bonchev–Trinajstić information content (AvgIpc) is 2.91. The molecule has 0 aliphatic rings. The molecule has 0 spiro atoms. The molecule has 0 radical (unpaired) electrons. The minimum Gasteiger partial charge on any atom is -0.268 e. The molecule has 3 aromatic rings. The van der Waals surface area contributed by atoms with Crippen LogP contribution in [-0.4, -0.2) is 15.3 Å². The van der Waals surface area contributed by atoms with Crippen molar-refractivity contribution in [3.8, 4) is 5.69 Å². The molecule has 0 unspecified atom stereocenters. The van der Waals surface area contributed by atoms with E-state index in [1.165, 1.54) is 16.0 Å². The summed E-state index contributed by atoms with van der Waals surface area (Å²) in [7, 11) is 0. The molecule has 0 bridgehead atoms. The van der Waals surface area contributed by atoms with Gasteiger partial charge in [-0.2, -0.15) is 0 Å². The second kappa shape index (κ2) is 7.57. The zero-order valence-corrected chi connectivity index (χ0v) is 18.0. The van der Waals surface area contributed by atoms with E-state index in [9.17, 15) is 4.79 Å². The predicted molar refractivity (Wildman–Crippen MR) is 114 cm³/mol. The van der Waals surface area contributed by atoms with E-state index in [0.29, 0.717) is 5.92 Å². The average molecular weight is 387 g/mol. The maximum absolute atomic E-state index is 13.5. The summed E-state index contributed by atoms with van der Waals surface area (Å²) in [5, 5.41) is 1.59. The van der Waals surface area contributed by atoms with E-state index in [1.807, 2.05) is 10.6 Å². The smallest absolute Gasteiger partial charge is 0.267 e. The van der Waals surface area contributed by atoms with Crippen molar-refractivity contribution in [2.45, 2.75) is 53.1 Å². The number of fused-ring (bicyclic) bond motifs is 1. The Morgan fingerprint density at radius 2 is 1.92 bits per heavy atom. The molecule has 2 aromatic heterocycles. The monoisotopic (exact) mass is 386 g/mol. The number of thioether (sulfide) groups is 1. The van der Waals surface area contributed by atoms with Gasteiger partial charge >= 0.3 is 0 Å². The van der Waals surface area contributed by atoms with Crippen LogP contribution in [0.1, 0.15) is 42.3 Å². The summed E-state index contributed by atoms with van der Waals surface area (Å²) in [6, 6.07) is 6.20. The Hall–Kier alpha value is -1.59. The van der Waals surface area contributed by atoms with Gasteiger partial charge in [0.15, 0.2) is 5.16 Å². The number of aryl methyl sites for hydroxylation is 4. The number of rotatable bonds is 5. The molecule has 0 fully saturated rings. The Morgan fingerprint density at radius 3 is 2.54 bits per heavy atom. The first-order valence-electron chi connectivity index (χ1n) is 9.08. The fourth-order valence-corrected chi connectivity index (χ4v) is 5.17. The first kappa shape index (κ1) is 19.2. The van der Waals surface area contributed by atoms with Crippen LogP contribution in [0, 0.1) is 26.7 Å². The summed E-state index contributed by atoms with van der Waals surface area (Å²) in [5.41, 5.74) is 4.52. The van der Waals surface area contributed by atoms with Crippen molar-refractivity contribution in [1.82, 2.24) is 9.55 Å². The maximum atomic E-state index is 13.5. The number of aromatic nitrogens is 2. The summed E-state index contributed by atoms with van der Waals surface area (Å²) >= 11 is 3.31. The minimum atomic E-state index is 0.0608. The molecule has 0 aliphatic heterocycles. The van der Waals surface area contributed by atoms with Crippen molar-refractivity contribution in [3.63, 3.8) is 0 Å². The molecule has 0 amide bonds. The molecule has 0 saturated heterocycles. The highest BCUT2D eigenvalue weighted by atomic mass is 32.2. The van der Waals surface area contributed by atoms with Crippen molar-refractivity contribution < 1.29 is 0 Å². The second-order valence-corrected chi connectivity index (χ2v) is 9.37. The summed E-state index contributed by atoms with van der Waals surface area (Å²) in [6.07, 6.45) is 0.855. The summed E-state index contributed by atoms with van der Waals surface area (Å²) in [4.78, 5) is 20.5. The van der Waals surface area contributed by atoms with Gasteiger partial charge in [-0.05, 0) is 61.9 Å². The van der Waals surface area contributed by atoms with Gasteiger partial charge in [0, 0.05) is 10.6 Å². The van der Waals surface area contributed by atoms with Gasteiger partial charge in [-0.1, -0.05) is 38.6 Å². The zero-order valence-electron chi connectivity index (χ0n) is 16.3. The van der Waals surface area contributed by atoms with Crippen molar-refractivity contribution in [2.75, 3.05) is 5.75 Å². The van der Waals surface area contributed by atoms with E-state index < -0.39 is 0 Å². The second-order valence-electron chi connectivity index (χ2n) is 7.18. The molecule has 2 heterocycles. The van der Waals surface area contributed by atoms with Crippen LogP contribution in [0.15, 0.2) is 28.2 Å². The van der Waals surface area contributed by atoms with Gasteiger partial charge in [-0.3, -0.25) is 9.36 Å². The largest absolute Gasteiger partial charge is 0.268 e. The minimum absolute atomic E-state index is 0.0608. The fraction of sp³-hybridized carbons (Fsp3) is 0.429. The normalized spacial score (nSPS) is 11.7. The Balaban J connectivity index is 2.32. The standard InChI is InChI=1S/C21H26N2OS2/c1-7-17-15(6)26-19-18(17)20(24)23(21(22-19)25-11-12(2)3)16-9-8-13(4)14(5)10-16/h8-10,12H,7,11H2,1-6H3. The Morgan fingerprint density at radius 1 is 1.19 bits per heavy atom. The van der Waals surface area contributed by atoms with Gasteiger partial charge in [-0.15, -0.1) is 11.3 Å². The van der Waals surface area contributed by atoms with Crippen LogP contribution in [0.2, 0.25) is 0 Å². The fourth-order valence-electron chi connectivity index (χ4n) is 3.05. The van der Waals surface area contributed by atoms with Crippen LogP contribution in [0.5, 0.6) is 0 Å². The lowest BCUT2D eigenvalue weighted by Gasteiger charge is -2.14. The highest BCUT2D eigenvalue weighted by Crippen LogP contribution is 2.31. The van der Waals surface area contributed by atoms with Crippen molar-refractivity contribution in [2.24, 2.45) is 5.92 Å². The number of benzene rings is 1. The van der Waals surface area contributed by atoms with E-state index in [1.54, 1.807) is 23.1 Å². The van der Waals surface area contributed by atoms with E-state index in [2.05, 4.69) is 53.7 Å². The maximum Gasteiger partial charge on any atom is 0.267 e. The summed E-state index contributed by atoms with van der Waals surface area (Å²) < 4.78 is 1.81. The SMILES string of the molecule is CCc1c(C)sc2nc(SCC(C)C)n(-c3ccc(C)c(C)c3)c(=O)c12. The molecule has 5 heteroatoms. The van der Waals surface area contributed by atoms with Crippen LogP contribution >= 0.6 is 23.1 Å². The van der Waals surface area contributed by atoms with Gasteiger partial charge in [0.2, 0.25) is 0 Å². The van der Waals surface area contributed by atoms with Crippen LogP contribution in [-0.2, 0) is 6.42 Å². The van der Waals surface area contributed by atoms with Crippen LogP contribution in [0.25, 0.3) is 15.9 Å². The van der Waals surface area contributed by atoms with Gasteiger partial charge in [-0.25, -0.2) is 4.98 Å². The molecule has 3 rings (SSSR count). The van der Waals surface area contributed by atoms with Crippen LogP contribution in [0.3, 0.4) is 0 Å². The molecule has 0 N–H and O–H groups in total. The first-order chi connectivity index (χ1) is 12.3. The molecule has 0 atom stereocenters. The van der Waals surface area contributed by atoms with Gasteiger partial charge in [0.05, 0.1) is 11.1 Å². The summed E-state index contributed by atoms with van der Waals surface area (Å²) in [6.45, 7) is 12.8. The zero-order chi connectivity index (χ0) is 19.0. The Bertz CT molecular complexity index is 1020. The summed E-state index contributed by atoms with van der Waals surface area (Å²) in [5.74, 6) is 1.48. The Labute approximate surface area is 163 Å². The van der Waals surface area contributed by atoms with Crippen LogP contribution in [0.4, 0.5) is 0 Å². The molecule has 3 nitrogen and oxygen atoms in total. The number of hydrogen-bond acceptors (Lipinski definition) is 4. The topological polar surface area (TPSA) is 34.9 Å². The molecule has 138 valence electrons. The third-order valence-corrected chi connectivity index (χ3v) is 7.05. The molecular weight excluding hydrogens is 360 g/mol. The molecule has 0 saturated carbocycles. The van der Waals surface area contributed by atoms with Crippen molar-refractivity contribution in [3.05, 3.63) is 50.1 Å². The van der Waals surface area contributed by atoms with E-state index in [0.717, 1.165) is 38.8 Å². The lowest BCUT2D eigenvalue weighted by molar-refractivity contribution is 0.742. The van der Waals surface area contributed by atoms with Crippen molar-refractivity contribution in [1.29, 1.82) is 0 Å². The molecular formula is C21H26N2OS2. The quantitative estimate of drug-likeness (QED) is 0.418. The van der Waals surface area contributed by atoms with Gasteiger partial charge < -0.3 is 0 Å². The predicted octanol–water partition coefficient (Wildman–Crippen LogP) is 5.68. The highest BCUT2D eigenvalue weighted by molar-refractivity contribution is 7.99. The third kappa shape index (κ3) is 3.47. The number of nitrogens with zero attached hydrogens (tertiary/aromatic N) is 2. The lowest BCUT2D eigenvalue weighted by atomic mass is 10.1. The third-order valence-electron chi connectivity index (χ3n) is 4.64. The van der Waals surface area contributed by atoms with Crippen LogP contribution < -0.4 is 5.56 Å². The number of thiophene rings is 1. The van der Waals surface area contributed by atoms with E-state index in [-0.39, 0.29) is 5.56 Å².